The molecule has 0 spiro atoms. The topological polar surface area (TPSA) is 37.3 Å². The van der Waals surface area contributed by atoms with Crippen LogP contribution in [0.25, 0.3) is 0 Å². The molecule has 0 aromatic heterocycles. The van der Waals surface area contributed by atoms with Crippen molar-refractivity contribution < 1.29 is 22.8 Å². The van der Waals surface area contributed by atoms with E-state index in [0.29, 0.717) is 0 Å². The first-order chi connectivity index (χ1) is 7.74. The molecule has 0 atom stereocenters. The van der Waals surface area contributed by atoms with Gasteiger partial charge in [-0.2, -0.15) is 0 Å². The van der Waals surface area contributed by atoms with E-state index < -0.39 is 19.3 Å². The zero-order valence-corrected chi connectivity index (χ0v) is 9.01. The first-order valence-corrected chi connectivity index (χ1v) is 4.79. The van der Waals surface area contributed by atoms with Crippen molar-refractivity contribution in [1.82, 2.24) is 0 Å². The molecular weight excluding hydrogens is 232 g/mol. The lowest BCUT2D eigenvalue weighted by molar-refractivity contribution is 0.0696. The molecule has 2 nitrogen and oxygen atoms in total. The lowest BCUT2D eigenvalue weighted by Gasteiger charge is -2.17. The second-order valence-corrected chi connectivity index (χ2v) is 3.67. The third-order valence-corrected chi connectivity index (χ3v) is 2.36. The first kappa shape index (κ1) is 13.2. The van der Waals surface area contributed by atoms with Crippen LogP contribution in [0.1, 0.15) is 27.0 Å². The smallest absolute Gasteiger partial charge is 0.478 e. The van der Waals surface area contributed by atoms with Crippen LogP contribution in [-0.2, 0) is 6.32 Å². The minimum absolute atomic E-state index is 0.0784. The molecule has 1 rings (SSSR count). The van der Waals surface area contributed by atoms with Gasteiger partial charge < -0.3 is 18.1 Å². The summed E-state index contributed by atoms with van der Waals surface area (Å²) in [4.78, 5) is 10.9. The van der Waals surface area contributed by atoms with E-state index in [4.69, 9.17) is 11.5 Å². The van der Waals surface area contributed by atoms with Gasteiger partial charge in [0.2, 0.25) is 0 Å². The summed E-state index contributed by atoms with van der Waals surface area (Å²) in [6.45, 7) is -3.67. The summed E-state index contributed by atoms with van der Waals surface area (Å²) >= 11 is 0. The Balaban J connectivity index is 3.35. The molecule has 0 aliphatic rings. The van der Waals surface area contributed by atoms with Crippen LogP contribution in [0.3, 0.4) is 0 Å². The molecule has 0 fully saturated rings. The second kappa shape index (κ2) is 4.54. The molecule has 1 aromatic rings. The van der Waals surface area contributed by atoms with Crippen LogP contribution in [0.2, 0.25) is 0 Å². The van der Waals surface area contributed by atoms with Gasteiger partial charge in [0.1, 0.15) is 0 Å². The van der Waals surface area contributed by atoms with Gasteiger partial charge in [0.05, 0.1) is 5.56 Å². The highest BCUT2D eigenvalue weighted by atomic mass is 19.4. The molecule has 90 valence electrons. The Bertz CT molecular complexity index is 501. The molecule has 0 radical (unpaired) electrons. The number of terminal acetylenes is 1. The summed E-state index contributed by atoms with van der Waals surface area (Å²) in [6, 6.07) is 2.40. The Labute approximate surface area is 96.5 Å². The average molecular weight is 241 g/mol. The fraction of sp³-hybridized carbons (Fsp3) is 0.182. The molecule has 17 heavy (non-hydrogen) atoms. The van der Waals surface area contributed by atoms with Crippen molar-refractivity contribution in [3.63, 3.8) is 0 Å². The number of carbonyl (C=O) groups is 1. The number of hydrogen-bond donors (Lipinski definition) is 1. The number of halogens is 3. The Morgan fingerprint density at radius 1 is 1.47 bits per heavy atom. The van der Waals surface area contributed by atoms with Crippen molar-refractivity contribution in [2.24, 2.45) is 0 Å². The van der Waals surface area contributed by atoms with E-state index in [2.05, 4.69) is 5.92 Å². The summed E-state index contributed by atoms with van der Waals surface area (Å²) < 4.78 is 37.1. The SMILES string of the molecule is C#Cc1cc(C[B-](F)(F)F)c(C)c(C(=O)O)c1. The van der Waals surface area contributed by atoms with Gasteiger partial charge in [0.15, 0.2) is 0 Å². The fourth-order valence-electron chi connectivity index (χ4n) is 1.54. The highest BCUT2D eigenvalue weighted by molar-refractivity contribution is 6.57. The van der Waals surface area contributed by atoms with Crippen molar-refractivity contribution in [1.29, 1.82) is 0 Å². The van der Waals surface area contributed by atoms with Crippen LogP contribution in [0.4, 0.5) is 12.9 Å². The molecule has 0 unspecified atom stereocenters. The summed E-state index contributed by atoms with van der Waals surface area (Å²) in [7, 11) is 0. The number of rotatable bonds is 3. The normalized spacial score (nSPS) is 11.0. The quantitative estimate of drug-likeness (QED) is 0.652. The summed E-state index contributed by atoms with van der Waals surface area (Å²) in [5.41, 5.74) is -0.0143. The lowest BCUT2D eigenvalue weighted by Crippen LogP contribution is -2.21. The molecule has 6 heteroatoms. The highest BCUT2D eigenvalue weighted by Gasteiger charge is 2.25. The maximum absolute atomic E-state index is 12.4. The molecule has 1 aromatic carbocycles. The van der Waals surface area contributed by atoms with Crippen molar-refractivity contribution in [2.75, 3.05) is 0 Å². The molecule has 0 aliphatic heterocycles. The number of benzene rings is 1. The number of hydrogen-bond acceptors (Lipinski definition) is 1. The Morgan fingerprint density at radius 2 is 2.06 bits per heavy atom. The maximum Gasteiger partial charge on any atom is 0.482 e. The molecule has 0 aliphatic carbocycles. The standard InChI is InChI=1S/C11H9BF3O2/c1-3-8-4-9(6-12(13,14)15)7(2)10(5-8)11(16)17/h1,4-5H,6H2,2H3,(H,16,17)/q-1. The zero-order valence-electron chi connectivity index (χ0n) is 9.01. The van der Waals surface area contributed by atoms with Crippen LogP contribution < -0.4 is 0 Å². The van der Waals surface area contributed by atoms with E-state index in [1.807, 2.05) is 0 Å². The lowest BCUT2D eigenvalue weighted by atomic mass is 9.79. The van der Waals surface area contributed by atoms with Crippen LogP contribution in [0.5, 0.6) is 0 Å². The van der Waals surface area contributed by atoms with Gasteiger partial charge in [-0.3, -0.25) is 0 Å². The third-order valence-electron chi connectivity index (χ3n) is 2.36. The van der Waals surface area contributed by atoms with E-state index in [0.717, 1.165) is 0 Å². The van der Waals surface area contributed by atoms with Crippen LogP contribution in [0, 0.1) is 19.3 Å². The van der Waals surface area contributed by atoms with Crippen molar-refractivity contribution >= 4 is 12.9 Å². The van der Waals surface area contributed by atoms with Gasteiger partial charge in [-0.1, -0.05) is 17.8 Å². The van der Waals surface area contributed by atoms with Gasteiger partial charge in [0.25, 0.3) is 0 Å². The van der Waals surface area contributed by atoms with Crippen LogP contribution in [0.15, 0.2) is 12.1 Å². The van der Waals surface area contributed by atoms with Crippen LogP contribution >= 0.6 is 0 Å². The Hall–Kier alpha value is -1.90. The first-order valence-electron chi connectivity index (χ1n) is 4.79. The van der Waals surface area contributed by atoms with Crippen molar-refractivity contribution in [3.8, 4) is 12.3 Å². The van der Waals surface area contributed by atoms with E-state index in [1.165, 1.54) is 19.1 Å². The predicted molar refractivity (Wildman–Crippen MR) is 58.9 cm³/mol. The minimum atomic E-state index is -5.02. The molecule has 0 amide bonds. The Kier molecular flexibility index (Phi) is 3.52. The van der Waals surface area contributed by atoms with Gasteiger partial charge in [0, 0.05) is 5.56 Å². The van der Waals surface area contributed by atoms with Crippen LogP contribution in [-0.4, -0.2) is 18.1 Å². The number of carboxylic acids is 1. The van der Waals surface area contributed by atoms with Gasteiger partial charge in [-0.15, -0.1) is 6.42 Å². The minimum Gasteiger partial charge on any atom is -0.478 e. The molecule has 1 N–H and O–H groups in total. The van der Waals surface area contributed by atoms with Gasteiger partial charge >= 0.3 is 12.9 Å². The molecular formula is C11H9BF3O2-. The Morgan fingerprint density at radius 3 is 2.47 bits per heavy atom. The fourth-order valence-corrected chi connectivity index (χ4v) is 1.54. The predicted octanol–water partition coefficient (Wildman–Crippen LogP) is 2.60. The number of aromatic carboxylic acids is 1. The summed E-state index contributed by atoms with van der Waals surface area (Å²) in [6.07, 6.45) is 3.96. The van der Waals surface area contributed by atoms with Gasteiger partial charge in [-0.25, -0.2) is 4.79 Å². The van der Waals surface area contributed by atoms with Crippen molar-refractivity contribution in [3.05, 3.63) is 34.4 Å². The largest absolute Gasteiger partial charge is 0.482 e. The summed E-state index contributed by atoms with van der Waals surface area (Å²) in [5.74, 6) is 0.870. The third kappa shape index (κ3) is 3.28. The average Bonchev–Trinajstić information content (AvgIpc) is 2.18. The maximum atomic E-state index is 12.4. The van der Waals surface area contributed by atoms with Crippen molar-refractivity contribution in [2.45, 2.75) is 13.2 Å². The molecule has 0 bridgehead atoms. The molecule has 0 saturated heterocycles. The van der Waals surface area contributed by atoms with E-state index in [1.54, 1.807) is 0 Å². The van der Waals surface area contributed by atoms with Gasteiger partial charge in [-0.05, 0) is 24.6 Å². The highest BCUT2D eigenvalue weighted by Crippen LogP contribution is 2.23. The van der Waals surface area contributed by atoms with E-state index in [9.17, 15) is 17.7 Å². The molecule has 0 heterocycles. The van der Waals surface area contributed by atoms with E-state index in [-0.39, 0.29) is 22.3 Å². The van der Waals surface area contributed by atoms with E-state index >= 15 is 0 Å². The molecule has 0 saturated carbocycles. The second-order valence-electron chi connectivity index (χ2n) is 3.67. The number of carboxylic acid groups (broad SMARTS) is 1. The monoisotopic (exact) mass is 241 g/mol. The zero-order chi connectivity index (χ0) is 13.2. The summed E-state index contributed by atoms with van der Waals surface area (Å²) in [5, 5.41) is 8.86.